The first-order chi connectivity index (χ1) is 11.5. The molecule has 0 saturated carbocycles. The summed E-state index contributed by atoms with van der Waals surface area (Å²) in [6.07, 6.45) is 5.25. The Kier molecular flexibility index (Phi) is 8.98. The van der Waals surface area contributed by atoms with E-state index in [2.05, 4.69) is 20.2 Å². The zero-order valence-corrected chi connectivity index (χ0v) is 17.6. The molecule has 0 bridgehead atoms. The van der Waals surface area contributed by atoms with Crippen molar-refractivity contribution in [2.75, 3.05) is 19.3 Å². The lowest BCUT2D eigenvalue weighted by Crippen LogP contribution is -2.38. The zero-order chi connectivity index (χ0) is 17.4. The van der Waals surface area contributed by atoms with Crippen LogP contribution in [0.25, 0.3) is 0 Å². The topological polar surface area (TPSA) is 75.5 Å². The second-order valence-electron chi connectivity index (χ2n) is 5.46. The largest absolute Gasteiger partial charge is 0.357 e. The summed E-state index contributed by atoms with van der Waals surface area (Å²) in [6, 6.07) is 10.8. The molecule has 1 aromatic carbocycles. The quantitative estimate of drug-likeness (QED) is 0.365. The van der Waals surface area contributed by atoms with Crippen LogP contribution in [0.4, 0.5) is 0 Å². The van der Waals surface area contributed by atoms with Gasteiger partial charge in [0.25, 0.3) is 0 Å². The highest BCUT2D eigenvalue weighted by atomic mass is 127. The summed E-state index contributed by atoms with van der Waals surface area (Å²) >= 11 is 0. The van der Waals surface area contributed by atoms with Crippen LogP contribution in [0.3, 0.4) is 0 Å². The Labute approximate surface area is 166 Å². The van der Waals surface area contributed by atoms with Crippen LogP contribution < -0.4 is 10.6 Å². The second kappa shape index (κ2) is 10.4. The molecular weight excluding hydrogens is 451 g/mol. The van der Waals surface area contributed by atoms with Crippen molar-refractivity contribution in [2.45, 2.75) is 24.9 Å². The summed E-state index contributed by atoms with van der Waals surface area (Å²) in [5.41, 5.74) is 0.963. The molecule has 0 unspecified atom stereocenters. The van der Waals surface area contributed by atoms with Crippen molar-refractivity contribution in [3.8, 4) is 0 Å². The number of nitrogens with one attached hydrogen (secondary N) is 2. The van der Waals surface area contributed by atoms with E-state index in [1.165, 1.54) is 6.26 Å². The molecule has 0 atom stereocenters. The molecule has 2 rings (SSSR count). The van der Waals surface area contributed by atoms with E-state index in [4.69, 9.17) is 0 Å². The third-order valence-electron chi connectivity index (χ3n) is 3.44. The van der Waals surface area contributed by atoms with Crippen molar-refractivity contribution in [3.63, 3.8) is 0 Å². The highest BCUT2D eigenvalue weighted by Gasteiger charge is 2.06. The minimum absolute atomic E-state index is 0. The van der Waals surface area contributed by atoms with E-state index >= 15 is 0 Å². The second-order valence-corrected chi connectivity index (χ2v) is 7.47. The summed E-state index contributed by atoms with van der Waals surface area (Å²) in [4.78, 5) is 4.86. The molecule has 0 radical (unpaired) electrons. The van der Waals surface area contributed by atoms with Gasteiger partial charge in [0.2, 0.25) is 0 Å². The molecule has 0 aliphatic heterocycles. The van der Waals surface area contributed by atoms with E-state index < -0.39 is 9.84 Å². The Bertz CT molecular complexity index is 756. The molecule has 8 heteroatoms. The molecule has 0 spiro atoms. The highest BCUT2D eigenvalue weighted by Crippen LogP contribution is 2.10. The van der Waals surface area contributed by atoms with Gasteiger partial charge in [-0.25, -0.2) is 13.4 Å². The van der Waals surface area contributed by atoms with Gasteiger partial charge in [-0.3, -0.25) is 0 Å². The minimum atomic E-state index is -3.16. The van der Waals surface area contributed by atoms with E-state index in [9.17, 15) is 8.42 Å². The fraction of sp³-hybridized carbons (Fsp3) is 0.353. The molecule has 0 fully saturated rings. The fourth-order valence-electron chi connectivity index (χ4n) is 2.18. The predicted octanol–water partition coefficient (Wildman–Crippen LogP) is 2.26. The molecule has 25 heavy (non-hydrogen) atoms. The Morgan fingerprint density at radius 3 is 2.32 bits per heavy atom. The van der Waals surface area contributed by atoms with Crippen molar-refractivity contribution in [2.24, 2.45) is 4.99 Å². The molecule has 2 aromatic rings. The Morgan fingerprint density at radius 1 is 1.12 bits per heavy atom. The van der Waals surface area contributed by atoms with Crippen LogP contribution in [-0.4, -0.2) is 38.3 Å². The van der Waals surface area contributed by atoms with Crippen LogP contribution in [0.15, 0.2) is 58.7 Å². The number of rotatable bonds is 7. The Hall–Kier alpha value is -1.55. The third-order valence-corrected chi connectivity index (χ3v) is 4.57. The Balaban J connectivity index is 0.00000312. The van der Waals surface area contributed by atoms with Gasteiger partial charge in [-0.05, 0) is 36.8 Å². The van der Waals surface area contributed by atoms with Crippen molar-refractivity contribution in [1.82, 2.24) is 15.2 Å². The van der Waals surface area contributed by atoms with E-state index in [1.54, 1.807) is 24.3 Å². The molecule has 1 aromatic heterocycles. The van der Waals surface area contributed by atoms with Gasteiger partial charge in [-0.2, -0.15) is 0 Å². The van der Waals surface area contributed by atoms with E-state index in [1.807, 2.05) is 31.5 Å². The molecule has 2 N–H and O–H groups in total. The van der Waals surface area contributed by atoms with Gasteiger partial charge in [0.15, 0.2) is 15.8 Å². The van der Waals surface area contributed by atoms with Crippen LogP contribution in [0.5, 0.6) is 0 Å². The standard InChI is InChI=1S/C17H24N4O2S.HI/c1-3-18-17(19-10-13-21-11-4-5-12-21)20-14-15-6-8-16(9-7-15)24(2,22)23;/h4-9,11-12H,3,10,13-14H2,1-2H3,(H2,18,19,20);1H. The van der Waals surface area contributed by atoms with Gasteiger partial charge in [0.05, 0.1) is 11.4 Å². The normalized spacial score (nSPS) is 11.7. The molecule has 1 heterocycles. The Morgan fingerprint density at radius 2 is 1.76 bits per heavy atom. The summed E-state index contributed by atoms with van der Waals surface area (Å²) in [7, 11) is -3.16. The smallest absolute Gasteiger partial charge is 0.191 e. The number of aliphatic imine (C=N–C) groups is 1. The molecule has 0 amide bonds. The van der Waals surface area contributed by atoms with Gasteiger partial charge >= 0.3 is 0 Å². The first-order valence-corrected chi connectivity index (χ1v) is 9.80. The number of benzene rings is 1. The van der Waals surface area contributed by atoms with Gasteiger partial charge in [-0.15, -0.1) is 24.0 Å². The lowest BCUT2D eigenvalue weighted by Gasteiger charge is -2.11. The highest BCUT2D eigenvalue weighted by molar-refractivity contribution is 14.0. The van der Waals surface area contributed by atoms with Crippen molar-refractivity contribution in [1.29, 1.82) is 0 Å². The number of halogens is 1. The zero-order valence-electron chi connectivity index (χ0n) is 14.5. The van der Waals surface area contributed by atoms with Gasteiger partial charge in [0, 0.05) is 38.3 Å². The van der Waals surface area contributed by atoms with Crippen molar-refractivity contribution < 1.29 is 8.42 Å². The fourth-order valence-corrected chi connectivity index (χ4v) is 2.81. The maximum Gasteiger partial charge on any atom is 0.191 e. The van der Waals surface area contributed by atoms with Crippen LogP contribution in [-0.2, 0) is 22.9 Å². The molecule has 0 aliphatic rings. The first kappa shape index (κ1) is 21.5. The summed E-state index contributed by atoms with van der Waals surface area (Å²) in [5.74, 6) is 0.747. The van der Waals surface area contributed by atoms with Crippen molar-refractivity contribution in [3.05, 3.63) is 54.4 Å². The molecule has 0 saturated heterocycles. The number of sulfone groups is 1. The van der Waals surface area contributed by atoms with Gasteiger partial charge in [-0.1, -0.05) is 12.1 Å². The number of guanidine groups is 1. The summed E-state index contributed by atoms with van der Waals surface area (Å²) in [6.45, 7) is 4.92. The monoisotopic (exact) mass is 476 g/mol. The van der Waals surface area contributed by atoms with Gasteiger partial charge < -0.3 is 15.2 Å². The number of hydrogen-bond donors (Lipinski definition) is 2. The molecule has 0 aliphatic carbocycles. The van der Waals surface area contributed by atoms with Crippen LogP contribution in [0.2, 0.25) is 0 Å². The molecule has 6 nitrogen and oxygen atoms in total. The van der Waals surface area contributed by atoms with Gasteiger partial charge in [0.1, 0.15) is 0 Å². The maximum atomic E-state index is 11.5. The SMILES string of the molecule is CCNC(=NCc1ccc(S(C)(=O)=O)cc1)NCCn1cccc1.I. The average Bonchev–Trinajstić information content (AvgIpc) is 3.05. The number of aromatic nitrogens is 1. The van der Waals surface area contributed by atoms with E-state index in [0.29, 0.717) is 11.4 Å². The minimum Gasteiger partial charge on any atom is -0.357 e. The number of hydrogen-bond acceptors (Lipinski definition) is 3. The predicted molar refractivity (Wildman–Crippen MR) is 112 cm³/mol. The van der Waals surface area contributed by atoms with E-state index in [0.717, 1.165) is 31.2 Å². The average molecular weight is 476 g/mol. The van der Waals surface area contributed by atoms with E-state index in [-0.39, 0.29) is 24.0 Å². The van der Waals surface area contributed by atoms with Crippen LogP contribution in [0, 0.1) is 0 Å². The number of nitrogens with zero attached hydrogens (tertiary/aromatic N) is 2. The first-order valence-electron chi connectivity index (χ1n) is 7.91. The van der Waals surface area contributed by atoms with Crippen LogP contribution in [0.1, 0.15) is 12.5 Å². The maximum absolute atomic E-state index is 11.5. The van der Waals surface area contributed by atoms with Crippen molar-refractivity contribution >= 4 is 39.8 Å². The summed E-state index contributed by atoms with van der Waals surface area (Å²) < 4.78 is 25.0. The third kappa shape index (κ3) is 7.47. The lowest BCUT2D eigenvalue weighted by molar-refractivity contribution is 0.602. The summed E-state index contributed by atoms with van der Waals surface area (Å²) in [5, 5.41) is 6.49. The molecule has 138 valence electrons. The lowest BCUT2D eigenvalue weighted by atomic mass is 10.2. The van der Waals surface area contributed by atoms with Crippen LogP contribution >= 0.6 is 24.0 Å². The molecular formula is C17H25IN4O2S.